The number of fused-ring (bicyclic) bond motifs is 1. The van der Waals surface area contributed by atoms with E-state index in [-0.39, 0.29) is 11.4 Å². The van der Waals surface area contributed by atoms with Crippen molar-refractivity contribution in [2.75, 3.05) is 5.75 Å². The summed E-state index contributed by atoms with van der Waals surface area (Å²) in [5.74, 6) is -0.875. The number of esters is 1. The third-order valence-electron chi connectivity index (χ3n) is 3.16. The first-order chi connectivity index (χ1) is 9.67. The minimum atomic E-state index is -1.35. The van der Waals surface area contributed by atoms with Crippen LogP contribution in [0.25, 0.3) is 0 Å². The van der Waals surface area contributed by atoms with Gasteiger partial charge in [0.05, 0.1) is 10.8 Å². The van der Waals surface area contributed by atoms with Gasteiger partial charge in [-0.2, -0.15) is 0 Å². The number of hydrogen-bond donors (Lipinski definition) is 1. The molecule has 0 aliphatic carbocycles. The van der Waals surface area contributed by atoms with Crippen LogP contribution >= 0.6 is 0 Å². The topological polar surface area (TPSA) is 92.8 Å². The van der Waals surface area contributed by atoms with Crippen LogP contribution in [0.1, 0.15) is 27.7 Å². The molecule has 0 aromatic heterocycles. The summed E-state index contributed by atoms with van der Waals surface area (Å²) >= 11 is 0. The van der Waals surface area contributed by atoms with E-state index in [1.807, 2.05) is 0 Å². The molecule has 2 amide bonds. The van der Waals surface area contributed by atoms with Gasteiger partial charge in [-0.25, -0.2) is 4.79 Å². The van der Waals surface area contributed by atoms with Crippen molar-refractivity contribution in [1.82, 2.24) is 10.2 Å². The number of nitrogens with zero attached hydrogens (tertiary/aromatic N) is 1. The number of hydrogen-bond acceptors (Lipinski definition) is 5. The predicted octanol–water partition coefficient (Wildman–Crippen LogP) is -0.353. The highest BCUT2D eigenvalue weighted by Gasteiger charge is 2.56. The first-order valence-corrected chi connectivity index (χ1v) is 7.88. The lowest BCUT2D eigenvalue weighted by Crippen LogP contribution is -2.72. The van der Waals surface area contributed by atoms with E-state index in [2.05, 4.69) is 5.32 Å². The summed E-state index contributed by atoms with van der Waals surface area (Å²) in [6.45, 7) is 6.84. The Bertz CT molecular complexity index is 563. The molecular formula is C13H18N2O5S. The van der Waals surface area contributed by atoms with Gasteiger partial charge in [-0.1, -0.05) is 0 Å². The fraction of sp³-hybridized carbons (Fsp3) is 0.615. The molecule has 2 heterocycles. The molecule has 7 nitrogen and oxygen atoms in total. The largest absolute Gasteiger partial charge is 0.455 e. The Kier molecular flexibility index (Phi) is 3.92. The number of carbonyl (C=O) groups excluding carboxylic acids is 3. The summed E-state index contributed by atoms with van der Waals surface area (Å²) in [6, 6.07) is -0.839. The summed E-state index contributed by atoms with van der Waals surface area (Å²) in [7, 11) is -1.35. The third-order valence-corrected chi connectivity index (χ3v) is 4.90. The number of rotatable bonds is 3. The zero-order valence-electron chi connectivity index (χ0n) is 12.3. The van der Waals surface area contributed by atoms with Crippen LogP contribution in [0.5, 0.6) is 0 Å². The molecule has 2 aliphatic rings. The second-order valence-electron chi connectivity index (χ2n) is 6.02. The fourth-order valence-corrected chi connectivity index (χ4v) is 4.05. The van der Waals surface area contributed by atoms with Crippen LogP contribution in [0.3, 0.4) is 0 Å². The van der Waals surface area contributed by atoms with Crippen LogP contribution in [-0.2, 0) is 29.9 Å². The van der Waals surface area contributed by atoms with E-state index in [1.165, 1.54) is 4.90 Å². The van der Waals surface area contributed by atoms with E-state index in [4.69, 9.17) is 4.74 Å². The van der Waals surface area contributed by atoms with E-state index in [9.17, 15) is 18.6 Å². The van der Waals surface area contributed by atoms with Crippen molar-refractivity contribution < 1.29 is 23.3 Å². The summed E-state index contributed by atoms with van der Waals surface area (Å²) in [5.41, 5.74) is 0.00498. The number of ether oxygens (including phenoxy) is 1. The quantitative estimate of drug-likeness (QED) is 0.436. The van der Waals surface area contributed by atoms with Gasteiger partial charge in [0, 0.05) is 5.75 Å². The Hall–Kier alpha value is -1.70. The highest BCUT2D eigenvalue weighted by Crippen LogP contribution is 2.35. The first-order valence-electron chi connectivity index (χ1n) is 6.50. The molecule has 2 aliphatic heterocycles. The molecule has 0 aromatic carbocycles. The minimum Gasteiger partial charge on any atom is -0.455 e. The molecule has 21 heavy (non-hydrogen) atoms. The Labute approximate surface area is 125 Å². The van der Waals surface area contributed by atoms with Gasteiger partial charge in [-0.05, 0) is 33.3 Å². The number of nitrogens with one attached hydrogen (secondary N) is 1. The Morgan fingerprint density at radius 3 is 2.62 bits per heavy atom. The van der Waals surface area contributed by atoms with Crippen LogP contribution in [0.4, 0.5) is 0 Å². The Morgan fingerprint density at radius 1 is 1.48 bits per heavy atom. The summed E-state index contributed by atoms with van der Waals surface area (Å²) < 4.78 is 17.4. The van der Waals surface area contributed by atoms with E-state index >= 15 is 0 Å². The van der Waals surface area contributed by atoms with E-state index in [0.717, 1.165) is 0 Å². The van der Waals surface area contributed by atoms with Crippen molar-refractivity contribution in [2.45, 2.75) is 44.7 Å². The maximum Gasteiger partial charge on any atom is 0.355 e. The number of amides is 2. The fourth-order valence-electron chi connectivity index (χ4n) is 2.37. The molecule has 1 saturated heterocycles. The molecule has 0 saturated carbocycles. The second kappa shape index (κ2) is 5.25. The smallest absolute Gasteiger partial charge is 0.355 e. The molecule has 8 heteroatoms. The monoisotopic (exact) mass is 314 g/mol. The van der Waals surface area contributed by atoms with Gasteiger partial charge in [-0.3, -0.25) is 18.7 Å². The van der Waals surface area contributed by atoms with Gasteiger partial charge in [0.2, 0.25) is 6.41 Å². The Balaban J connectivity index is 2.31. The zero-order valence-corrected chi connectivity index (χ0v) is 13.2. The molecule has 116 valence electrons. The molecule has 3 atom stereocenters. The normalized spacial score (nSPS) is 28.7. The summed E-state index contributed by atoms with van der Waals surface area (Å²) in [5, 5.41) is 1.64. The van der Waals surface area contributed by atoms with E-state index in [0.29, 0.717) is 12.0 Å². The number of carbonyl (C=O) groups is 3. The van der Waals surface area contributed by atoms with Gasteiger partial charge in [0.1, 0.15) is 22.7 Å². The van der Waals surface area contributed by atoms with Crippen LogP contribution in [0, 0.1) is 0 Å². The van der Waals surface area contributed by atoms with Crippen molar-refractivity contribution in [3.8, 4) is 0 Å². The zero-order chi connectivity index (χ0) is 15.9. The van der Waals surface area contributed by atoms with Crippen molar-refractivity contribution in [2.24, 2.45) is 0 Å². The molecule has 2 rings (SSSR count). The SMILES string of the molecule is CC1=C(C(=O)OC(C)(C)C)N2C(=O)[C@@H](NC=O)[C@H]2[S@@](=O)C1. The second-order valence-corrected chi connectivity index (χ2v) is 7.55. The van der Waals surface area contributed by atoms with Gasteiger partial charge in [-0.15, -0.1) is 0 Å². The van der Waals surface area contributed by atoms with Crippen molar-refractivity contribution in [3.05, 3.63) is 11.3 Å². The maximum atomic E-state index is 12.3. The molecule has 0 unspecified atom stereocenters. The van der Waals surface area contributed by atoms with Crippen LogP contribution < -0.4 is 5.32 Å². The average Bonchev–Trinajstić information content (AvgIpc) is 2.33. The van der Waals surface area contributed by atoms with E-state index in [1.54, 1.807) is 27.7 Å². The highest BCUT2D eigenvalue weighted by molar-refractivity contribution is 7.86. The molecule has 1 fully saturated rings. The molecule has 0 bridgehead atoms. The van der Waals surface area contributed by atoms with Gasteiger partial charge in [0.15, 0.2) is 0 Å². The lowest BCUT2D eigenvalue weighted by Gasteiger charge is -2.48. The molecule has 0 radical (unpaired) electrons. The van der Waals surface area contributed by atoms with Crippen molar-refractivity contribution in [1.29, 1.82) is 0 Å². The lowest BCUT2D eigenvalue weighted by atomic mass is 10.0. The van der Waals surface area contributed by atoms with Crippen molar-refractivity contribution >= 4 is 29.1 Å². The lowest BCUT2D eigenvalue weighted by molar-refractivity contribution is -0.158. The average molecular weight is 314 g/mol. The van der Waals surface area contributed by atoms with Gasteiger partial charge >= 0.3 is 5.97 Å². The molecular weight excluding hydrogens is 296 g/mol. The number of β-lactam (4-membered cyclic amide) rings is 1. The van der Waals surface area contributed by atoms with Crippen LogP contribution in [0.15, 0.2) is 11.3 Å². The van der Waals surface area contributed by atoms with Gasteiger partial charge in [0.25, 0.3) is 5.91 Å². The molecule has 0 aromatic rings. The van der Waals surface area contributed by atoms with E-state index < -0.39 is 39.7 Å². The third kappa shape index (κ3) is 2.72. The Morgan fingerprint density at radius 2 is 2.10 bits per heavy atom. The minimum absolute atomic E-state index is 0.142. The molecule has 1 N–H and O–H groups in total. The summed E-state index contributed by atoms with van der Waals surface area (Å²) in [4.78, 5) is 36.1. The van der Waals surface area contributed by atoms with Crippen molar-refractivity contribution in [3.63, 3.8) is 0 Å². The highest BCUT2D eigenvalue weighted by atomic mass is 32.2. The maximum absolute atomic E-state index is 12.3. The standard InChI is InChI=1S/C13H18N2O5S/c1-7-5-21(19)11-8(14-6-16)10(17)15(11)9(7)12(18)20-13(2,3)4/h6,8,11H,5H2,1-4H3,(H,14,16)/t8-,11-,21+/m1/s1. The van der Waals surface area contributed by atoms with Crippen LogP contribution in [0.2, 0.25) is 0 Å². The van der Waals surface area contributed by atoms with Crippen LogP contribution in [-0.4, -0.2) is 50.2 Å². The molecule has 0 spiro atoms. The predicted molar refractivity (Wildman–Crippen MR) is 75.2 cm³/mol. The summed E-state index contributed by atoms with van der Waals surface area (Å²) in [6.07, 6.45) is 0.398. The first kappa shape index (κ1) is 15.7. The van der Waals surface area contributed by atoms with Gasteiger partial charge < -0.3 is 10.1 Å².